The third-order valence-corrected chi connectivity index (χ3v) is 3.90. The number of nitro groups is 1. The Balaban J connectivity index is 2.28. The van der Waals surface area contributed by atoms with E-state index in [1.807, 2.05) is 0 Å². The van der Waals surface area contributed by atoms with Gasteiger partial charge in [0.05, 0.1) is 16.2 Å². The van der Waals surface area contributed by atoms with E-state index in [2.05, 4.69) is 12.3 Å². The third-order valence-electron chi connectivity index (χ3n) is 3.90. The van der Waals surface area contributed by atoms with Crippen LogP contribution in [0.5, 0.6) is 0 Å². The van der Waals surface area contributed by atoms with Gasteiger partial charge in [-0.15, -0.1) is 0 Å². The minimum atomic E-state index is -0.512. The highest BCUT2D eigenvalue weighted by molar-refractivity contribution is 6.00. The zero-order valence-corrected chi connectivity index (χ0v) is 12.0. The van der Waals surface area contributed by atoms with E-state index in [-0.39, 0.29) is 17.2 Å². The number of amides is 1. The Hall–Kier alpha value is -2.15. The first-order chi connectivity index (χ1) is 10.0. The van der Waals surface area contributed by atoms with Crippen LogP contribution >= 0.6 is 0 Å². The predicted octanol–water partition coefficient (Wildman–Crippen LogP) is 2.14. The second kappa shape index (κ2) is 6.53. The number of likely N-dealkylation sites (tertiary alicyclic amines) is 1. The number of nitro benzene ring substituents is 1. The minimum absolute atomic E-state index is 0.111. The maximum atomic E-state index is 12.6. The molecule has 1 aromatic rings. The molecule has 7 nitrogen and oxygen atoms in total. The number of anilines is 1. The summed E-state index contributed by atoms with van der Waals surface area (Å²) in [7, 11) is 0. The van der Waals surface area contributed by atoms with Crippen molar-refractivity contribution in [3.05, 3.63) is 33.9 Å². The molecule has 0 spiro atoms. The van der Waals surface area contributed by atoms with Crippen molar-refractivity contribution in [2.45, 2.75) is 26.2 Å². The van der Waals surface area contributed by atoms with Gasteiger partial charge in [-0.2, -0.15) is 0 Å². The van der Waals surface area contributed by atoms with Crippen LogP contribution < -0.4 is 11.3 Å². The third kappa shape index (κ3) is 3.49. The van der Waals surface area contributed by atoms with Crippen molar-refractivity contribution in [2.75, 3.05) is 18.5 Å². The standard InChI is InChI=1S/C14H20N4O3/c1-10-3-2-7-17(8-6-10)14(19)12-9-11(18(20)21)4-5-13(12)16-15/h4-5,9-10,16H,2-3,6-8,15H2,1H3. The Labute approximate surface area is 123 Å². The molecule has 0 radical (unpaired) electrons. The number of carbonyl (C=O) groups is 1. The van der Waals surface area contributed by atoms with Crippen molar-refractivity contribution < 1.29 is 9.72 Å². The lowest BCUT2D eigenvalue weighted by Crippen LogP contribution is -2.32. The number of benzene rings is 1. The van der Waals surface area contributed by atoms with Gasteiger partial charge >= 0.3 is 0 Å². The SMILES string of the molecule is CC1CCCN(C(=O)c2cc([N+](=O)[O-])ccc2NN)CC1. The van der Waals surface area contributed by atoms with Crippen molar-refractivity contribution in [1.29, 1.82) is 0 Å². The number of carbonyl (C=O) groups excluding carboxylic acids is 1. The second-order valence-electron chi connectivity index (χ2n) is 5.46. The molecule has 1 aliphatic rings. The molecule has 0 aliphatic carbocycles. The van der Waals surface area contributed by atoms with Gasteiger partial charge in [0.1, 0.15) is 0 Å². The summed E-state index contributed by atoms with van der Waals surface area (Å²) in [4.78, 5) is 24.7. The molecule has 1 atom stereocenters. The Morgan fingerprint density at radius 2 is 2.19 bits per heavy atom. The van der Waals surface area contributed by atoms with Gasteiger partial charge in [0.25, 0.3) is 11.6 Å². The molecular formula is C14H20N4O3. The minimum Gasteiger partial charge on any atom is -0.339 e. The number of nitrogens with zero attached hydrogens (tertiary/aromatic N) is 2. The molecule has 1 saturated heterocycles. The highest BCUT2D eigenvalue weighted by Crippen LogP contribution is 2.25. The maximum Gasteiger partial charge on any atom is 0.270 e. The number of rotatable bonds is 3. The predicted molar refractivity (Wildman–Crippen MR) is 79.8 cm³/mol. The molecule has 1 amide bonds. The molecule has 3 N–H and O–H groups in total. The topological polar surface area (TPSA) is 102 Å². The lowest BCUT2D eigenvalue weighted by molar-refractivity contribution is -0.384. The van der Waals surface area contributed by atoms with Crippen molar-refractivity contribution in [3.63, 3.8) is 0 Å². The van der Waals surface area contributed by atoms with Gasteiger partial charge in [-0.1, -0.05) is 6.92 Å². The first-order valence-electron chi connectivity index (χ1n) is 7.07. The molecule has 0 aromatic heterocycles. The van der Waals surface area contributed by atoms with E-state index >= 15 is 0 Å². The van der Waals surface area contributed by atoms with E-state index in [4.69, 9.17) is 5.84 Å². The highest BCUT2D eigenvalue weighted by Gasteiger charge is 2.23. The number of nitrogens with two attached hydrogens (primary N) is 1. The molecular weight excluding hydrogens is 272 g/mol. The normalized spacial score (nSPS) is 19.0. The fourth-order valence-electron chi connectivity index (χ4n) is 2.59. The van der Waals surface area contributed by atoms with Gasteiger partial charge in [-0.3, -0.25) is 20.8 Å². The van der Waals surface area contributed by atoms with E-state index in [1.54, 1.807) is 4.90 Å². The van der Waals surface area contributed by atoms with Crippen LogP contribution in [0.25, 0.3) is 0 Å². The lowest BCUT2D eigenvalue weighted by atomic mass is 10.0. The molecule has 7 heteroatoms. The Bertz CT molecular complexity index is 547. The zero-order valence-electron chi connectivity index (χ0n) is 12.0. The quantitative estimate of drug-likeness (QED) is 0.505. The van der Waals surface area contributed by atoms with Crippen molar-refractivity contribution in [1.82, 2.24) is 4.90 Å². The molecule has 1 aliphatic heterocycles. The molecule has 114 valence electrons. The molecule has 1 unspecified atom stereocenters. The van der Waals surface area contributed by atoms with Gasteiger partial charge in [-0.05, 0) is 31.2 Å². The maximum absolute atomic E-state index is 12.6. The average Bonchev–Trinajstić information content (AvgIpc) is 2.70. The van der Waals surface area contributed by atoms with Gasteiger partial charge in [-0.25, -0.2) is 0 Å². The van der Waals surface area contributed by atoms with E-state index in [0.717, 1.165) is 19.3 Å². The largest absolute Gasteiger partial charge is 0.339 e. The summed E-state index contributed by atoms with van der Waals surface area (Å²) in [5.41, 5.74) is 2.98. The summed E-state index contributed by atoms with van der Waals surface area (Å²) < 4.78 is 0. The van der Waals surface area contributed by atoms with Crippen LogP contribution in [0.1, 0.15) is 36.5 Å². The fourth-order valence-corrected chi connectivity index (χ4v) is 2.59. The zero-order chi connectivity index (χ0) is 15.4. The number of hydrazine groups is 1. The molecule has 1 fully saturated rings. The van der Waals surface area contributed by atoms with Crippen LogP contribution in [0.2, 0.25) is 0 Å². The van der Waals surface area contributed by atoms with Crippen LogP contribution in [0.4, 0.5) is 11.4 Å². The average molecular weight is 292 g/mol. The van der Waals surface area contributed by atoms with Gasteiger partial charge < -0.3 is 10.3 Å². The summed E-state index contributed by atoms with van der Waals surface area (Å²) in [6.07, 6.45) is 3.00. The molecule has 0 bridgehead atoms. The Morgan fingerprint density at radius 1 is 1.43 bits per heavy atom. The first kappa shape index (κ1) is 15.2. The number of nitrogen functional groups attached to an aromatic ring is 1. The van der Waals surface area contributed by atoms with Gasteiger partial charge in [0.2, 0.25) is 0 Å². The van der Waals surface area contributed by atoms with Crippen LogP contribution in [-0.4, -0.2) is 28.8 Å². The van der Waals surface area contributed by atoms with E-state index in [1.165, 1.54) is 18.2 Å². The summed E-state index contributed by atoms with van der Waals surface area (Å²) >= 11 is 0. The molecule has 1 aromatic carbocycles. The monoisotopic (exact) mass is 292 g/mol. The van der Waals surface area contributed by atoms with Gasteiger partial charge in [0, 0.05) is 25.2 Å². The molecule has 1 heterocycles. The van der Waals surface area contributed by atoms with Crippen molar-refractivity contribution in [2.24, 2.45) is 11.8 Å². The highest BCUT2D eigenvalue weighted by atomic mass is 16.6. The molecule has 0 saturated carbocycles. The number of hydrogen-bond donors (Lipinski definition) is 2. The number of hydrogen-bond acceptors (Lipinski definition) is 5. The Morgan fingerprint density at radius 3 is 2.86 bits per heavy atom. The number of nitrogens with one attached hydrogen (secondary N) is 1. The van der Waals surface area contributed by atoms with Crippen molar-refractivity contribution in [3.8, 4) is 0 Å². The summed E-state index contributed by atoms with van der Waals surface area (Å²) in [6, 6.07) is 4.08. The van der Waals surface area contributed by atoms with E-state index in [0.29, 0.717) is 24.7 Å². The van der Waals surface area contributed by atoms with Crippen LogP contribution in [0.3, 0.4) is 0 Å². The van der Waals surface area contributed by atoms with Crippen LogP contribution in [0, 0.1) is 16.0 Å². The summed E-state index contributed by atoms with van der Waals surface area (Å²) in [5.74, 6) is 5.80. The lowest BCUT2D eigenvalue weighted by Gasteiger charge is -2.21. The van der Waals surface area contributed by atoms with E-state index < -0.39 is 4.92 Å². The second-order valence-corrected chi connectivity index (χ2v) is 5.46. The van der Waals surface area contributed by atoms with Gasteiger partial charge in [0.15, 0.2) is 0 Å². The summed E-state index contributed by atoms with van der Waals surface area (Å²) in [5, 5.41) is 10.9. The van der Waals surface area contributed by atoms with E-state index in [9.17, 15) is 14.9 Å². The first-order valence-corrected chi connectivity index (χ1v) is 7.07. The molecule has 2 rings (SSSR count). The fraction of sp³-hybridized carbons (Fsp3) is 0.500. The van der Waals surface area contributed by atoms with Crippen molar-refractivity contribution >= 4 is 17.3 Å². The Kier molecular flexibility index (Phi) is 4.74. The summed E-state index contributed by atoms with van der Waals surface area (Å²) in [6.45, 7) is 3.52. The number of non-ortho nitro benzene ring substituents is 1. The smallest absolute Gasteiger partial charge is 0.270 e. The van der Waals surface area contributed by atoms with Crippen LogP contribution in [-0.2, 0) is 0 Å². The van der Waals surface area contributed by atoms with Crippen LogP contribution in [0.15, 0.2) is 18.2 Å². The molecule has 21 heavy (non-hydrogen) atoms.